The van der Waals surface area contributed by atoms with Crippen molar-refractivity contribution in [3.63, 3.8) is 0 Å². The van der Waals surface area contributed by atoms with Crippen LogP contribution in [0, 0.1) is 0 Å². The van der Waals surface area contributed by atoms with E-state index < -0.39 is 0 Å². The second kappa shape index (κ2) is 7.09. The van der Waals surface area contributed by atoms with Gasteiger partial charge < -0.3 is 9.32 Å². The van der Waals surface area contributed by atoms with Crippen LogP contribution in [0.1, 0.15) is 29.0 Å². The Labute approximate surface area is 128 Å². The summed E-state index contributed by atoms with van der Waals surface area (Å²) in [6.07, 6.45) is 1.93. The molecule has 0 atom stereocenters. The molecule has 1 heterocycles. The van der Waals surface area contributed by atoms with E-state index in [1.807, 2.05) is 6.07 Å². The molecule has 0 saturated heterocycles. The number of carbonyl (C=O) groups excluding carboxylic acids is 2. The van der Waals surface area contributed by atoms with E-state index in [0.29, 0.717) is 17.1 Å². The molecule has 0 aliphatic carbocycles. The van der Waals surface area contributed by atoms with Gasteiger partial charge in [0.25, 0.3) is 0 Å². The van der Waals surface area contributed by atoms with Crippen molar-refractivity contribution in [3.8, 4) is 0 Å². The van der Waals surface area contributed by atoms with Crippen molar-refractivity contribution >= 4 is 23.3 Å². The molecular formula is C16H16ClNO3. The fourth-order valence-electron chi connectivity index (χ4n) is 1.92. The van der Waals surface area contributed by atoms with Crippen LogP contribution < -0.4 is 0 Å². The lowest BCUT2D eigenvalue weighted by Crippen LogP contribution is -2.26. The number of amides is 1. The number of hydrogen-bond acceptors (Lipinski definition) is 3. The minimum atomic E-state index is -0.0892. The van der Waals surface area contributed by atoms with Gasteiger partial charge in [0.2, 0.25) is 5.91 Å². The maximum Gasteiger partial charge on any atom is 0.223 e. The van der Waals surface area contributed by atoms with E-state index in [9.17, 15) is 9.59 Å². The molecule has 0 unspecified atom stereocenters. The smallest absolute Gasteiger partial charge is 0.223 e. The lowest BCUT2D eigenvalue weighted by atomic mass is 10.1. The first-order chi connectivity index (χ1) is 10.1. The summed E-state index contributed by atoms with van der Waals surface area (Å²) in [4.78, 5) is 25.5. The van der Waals surface area contributed by atoms with E-state index in [0.717, 1.165) is 5.76 Å². The van der Waals surface area contributed by atoms with Gasteiger partial charge in [-0.2, -0.15) is 0 Å². The second-order valence-electron chi connectivity index (χ2n) is 4.76. The molecule has 0 aliphatic rings. The van der Waals surface area contributed by atoms with Crippen LogP contribution in [0.25, 0.3) is 0 Å². The fraction of sp³-hybridized carbons (Fsp3) is 0.250. The van der Waals surface area contributed by atoms with Crippen molar-refractivity contribution in [1.29, 1.82) is 0 Å². The average Bonchev–Trinajstić information content (AvgIpc) is 2.98. The largest absolute Gasteiger partial charge is 0.467 e. The third kappa shape index (κ3) is 4.46. The minimum Gasteiger partial charge on any atom is -0.467 e. The van der Waals surface area contributed by atoms with Crippen molar-refractivity contribution in [2.45, 2.75) is 19.4 Å². The molecule has 2 rings (SSSR count). The molecule has 0 N–H and O–H groups in total. The number of furan rings is 1. The first-order valence-electron chi connectivity index (χ1n) is 6.61. The number of hydrogen-bond donors (Lipinski definition) is 0. The normalized spacial score (nSPS) is 10.4. The van der Waals surface area contributed by atoms with Crippen LogP contribution in [0.15, 0.2) is 47.1 Å². The first-order valence-corrected chi connectivity index (χ1v) is 6.99. The number of nitrogens with zero attached hydrogens (tertiary/aromatic N) is 1. The summed E-state index contributed by atoms with van der Waals surface area (Å²) in [5.41, 5.74) is 0.570. The number of rotatable bonds is 6. The van der Waals surface area contributed by atoms with Gasteiger partial charge in [0, 0.05) is 30.5 Å². The Balaban J connectivity index is 1.83. The lowest BCUT2D eigenvalue weighted by molar-refractivity contribution is -0.130. The van der Waals surface area contributed by atoms with Gasteiger partial charge in [-0.05, 0) is 36.4 Å². The number of ketones is 1. The number of carbonyl (C=O) groups is 2. The van der Waals surface area contributed by atoms with Gasteiger partial charge in [0.15, 0.2) is 5.78 Å². The van der Waals surface area contributed by atoms with Gasteiger partial charge in [-0.1, -0.05) is 11.6 Å². The Morgan fingerprint density at radius 3 is 2.48 bits per heavy atom. The molecule has 1 aromatic heterocycles. The predicted octanol–water partition coefficient (Wildman–Crippen LogP) is 3.55. The van der Waals surface area contributed by atoms with E-state index in [-0.39, 0.29) is 24.5 Å². The highest BCUT2D eigenvalue weighted by atomic mass is 35.5. The van der Waals surface area contributed by atoms with Crippen molar-refractivity contribution in [2.75, 3.05) is 7.05 Å². The van der Waals surface area contributed by atoms with Crippen LogP contribution in [0.5, 0.6) is 0 Å². The van der Waals surface area contributed by atoms with Gasteiger partial charge >= 0.3 is 0 Å². The molecule has 5 heteroatoms. The molecule has 0 bridgehead atoms. The fourth-order valence-corrected chi connectivity index (χ4v) is 2.04. The Morgan fingerprint density at radius 1 is 1.14 bits per heavy atom. The summed E-state index contributed by atoms with van der Waals surface area (Å²) in [6, 6.07) is 10.3. The maximum atomic E-state index is 12.0. The number of Topliss-reactive ketones (excluding diaryl/α,β-unsaturated/α-hetero) is 1. The van der Waals surface area contributed by atoms with Gasteiger partial charge in [0.1, 0.15) is 5.76 Å². The average molecular weight is 306 g/mol. The molecule has 21 heavy (non-hydrogen) atoms. The van der Waals surface area contributed by atoms with Crippen LogP contribution >= 0.6 is 11.6 Å². The third-order valence-electron chi connectivity index (χ3n) is 3.13. The number of benzene rings is 1. The Bertz CT molecular complexity index is 605. The van der Waals surface area contributed by atoms with Gasteiger partial charge in [-0.3, -0.25) is 9.59 Å². The monoisotopic (exact) mass is 305 g/mol. The third-order valence-corrected chi connectivity index (χ3v) is 3.38. The van der Waals surface area contributed by atoms with E-state index >= 15 is 0 Å². The molecule has 2 aromatic rings. The maximum absolute atomic E-state index is 12.0. The molecule has 0 aliphatic heterocycles. The molecule has 1 amide bonds. The highest BCUT2D eigenvalue weighted by molar-refractivity contribution is 6.30. The summed E-state index contributed by atoms with van der Waals surface area (Å²) in [6.45, 7) is 0.404. The summed E-state index contributed by atoms with van der Waals surface area (Å²) < 4.78 is 5.19. The van der Waals surface area contributed by atoms with E-state index in [1.54, 1.807) is 48.5 Å². The molecule has 0 spiro atoms. The van der Waals surface area contributed by atoms with Crippen molar-refractivity contribution < 1.29 is 14.0 Å². The topological polar surface area (TPSA) is 50.5 Å². The first kappa shape index (κ1) is 15.3. The standard InChI is InChI=1S/C16H16ClNO3/c1-18(11-14-3-2-10-21-14)16(20)9-8-15(19)12-4-6-13(17)7-5-12/h2-7,10H,8-9,11H2,1H3. The SMILES string of the molecule is CN(Cc1ccco1)C(=O)CCC(=O)c1ccc(Cl)cc1. The molecular weight excluding hydrogens is 290 g/mol. The van der Waals surface area contributed by atoms with E-state index in [1.165, 1.54) is 0 Å². The van der Waals surface area contributed by atoms with Crippen LogP contribution in [0.3, 0.4) is 0 Å². The van der Waals surface area contributed by atoms with Crippen LogP contribution in [0.2, 0.25) is 5.02 Å². The van der Waals surface area contributed by atoms with Crippen molar-refractivity contribution in [1.82, 2.24) is 4.90 Å². The quantitative estimate of drug-likeness (QED) is 0.767. The molecule has 0 fully saturated rings. The lowest BCUT2D eigenvalue weighted by Gasteiger charge is -2.15. The summed E-state index contributed by atoms with van der Waals surface area (Å²) in [7, 11) is 1.69. The van der Waals surface area contributed by atoms with Gasteiger partial charge in [-0.15, -0.1) is 0 Å². The zero-order valence-corrected chi connectivity index (χ0v) is 12.5. The Morgan fingerprint density at radius 2 is 1.86 bits per heavy atom. The van der Waals surface area contributed by atoms with Crippen molar-refractivity contribution in [3.05, 3.63) is 59.0 Å². The zero-order chi connectivity index (χ0) is 15.2. The number of halogens is 1. The van der Waals surface area contributed by atoms with E-state index in [4.69, 9.17) is 16.0 Å². The molecule has 4 nitrogen and oxygen atoms in total. The summed E-state index contributed by atoms with van der Waals surface area (Å²) >= 11 is 5.77. The van der Waals surface area contributed by atoms with Crippen molar-refractivity contribution in [2.24, 2.45) is 0 Å². The van der Waals surface area contributed by atoms with Gasteiger partial charge in [-0.25, -0.2) is 0 Å². The highest BCUT2D eigenvalue weighted by Crippen LogP contribution is 2.13. The van der Waals surface area contributed by atoms with Crippen LogP contribution in [-0.4, -0.2) is 23.6 Å². The summed E-state index contributed by atoms with van der Waals surface area (Å²) in [5.74, 6) is 0.565. The molecule has 110 valence electrons. The van der Waals surface area contributed by atoms with Crippen LogP contribution in [0.4, 0.5) is 0 Å². The molecule has 1 aromatic carbocycles. The van der Waals surface area contributed by atoms with Gasteiger partial charge in [0.05, 0.1) is 12.8 Å². The van der Waals surface area contributed by atoms with E-state index in [2.05, 4.69) is 0 Å². The molecule has 0 saturated carbocycles. The summed E-state index contributed by atoms with van der Waals surface area (Å²) in [5, 5.41) is 0.584. The second-order valence-corrected chi connectivity index (χ2v) is 5.20. The van der Waals surface area contributed by atoms with Crippen LogP contribution in [-0.2, 0) is 11.3 Å². The Hall–Kier alpha value is -2.07. The minimum absolute atomic E-state index is 0.0635. The Kier molecular flexibility index (Phi) is 5.17. The zero-order valence-electron chi connectivity index (χ0n) is 11.7. The predicted molar refractivity (Wildman–Crippen MR) is 80.2 cm³/mol. The highest BCUT2D eigenvalue weighted by Gasteiger charge is 2.13. The molecule has 0 radical (unpaired) electrons.